The fourth-order valence-electron chi connectivity index (χ4n) is 1.70. The molecule has 0 heterocycles. The molecule has 0 radical (unpaired) electrons. The number of hydrogen-bond acceptors (Lipinski definition) is 2. The van der Waals surface area contributed by atoms with Gasteiger partial charge < -0.3 is 10.4 Å². The number of benzene rings is 2. The minimum absolute atomic E-state index is 0.0202. The Morgan fingerprint density at radius 2 is 1.62 bits per heavy atom. The summed E-state index contributed by atoms with van der Waals surface area (Å²) >= 11 is 9.86. The topological polar surface area (TPSA) is 66.4 Å². The first-order chi connectivity index (χ1) is 9.88. The van der Waals surface area contributed by atoms with E-state index in [0.717, 1.165) is 8.95 Å². The van der Waals surface area contributed by atoms with Crippen molar-refractivity contribution in [3.63, 3.8) is 0 Å². The molecule has 7 heteroatoms. The van der Waals surface area contributed by atoms with Crippen molar-refractivity contribution in [1.82, 2.24) is 0 Å². The summed E-state index contributed by atoms with van der Waals surface area (Å²) in [5.41, 5.74) is 0.654. The summed E-state index contributed by atoms with van der Waals surface area (Å²) in [7, 11) is 0. The van der Waals surface area contributed by atoms with Gasteiger partial charge in [-0.25, -0.2) is 4.79 Å². The molecule has 0 aromatic heterocycles. The lowest BCUT2D eigenvalue weighted by Gasteiger charge is -2.11. The summed E-state index contributed by atoms with van der Waals surface area (Å²) in [6.07, 6.45) is 0. The molecule has 2 rings (SSSR count). The maximum Gasteiger partial charge on any atom is 0.337 e. The van der Waals surface area contributed by atoms with Crippen LogP contribution in [0.15, 0.2) is 49.8 Å². The summed E-state index contributed by atoms with van der Waals surface area (Å²) in [6.45, 7) is 0. The summed E-state index contributed by atoms with van der Waals surface area (Å²) in [6, 6.07) is 9.80. The van der Waals surface area contributed by atoms with Crippen LogP contribution in [-0.4, -0.2) is 17.0 Å². The highest BCUT2D eigenvalue weighted by atomic mass is 79.9. The van der Waals surface area contributed by atoms with Gasteiger partial charge in [-0.3, -0.25) is 4.79 Å². The molecule has 0 aliphatic rings. The van der Waals surface area contributed by atoms with Crippen LogP contribution in [0.5, 0.6) is 0 Å². The maximum absolute atomic E-state index is 12.3. The SMILES string of the molecule is O=C(Nc1c(Br)cccc1C(=O)O)c1cc(Br)cc(Br)c1. The Morgan fingerprint density at radius 3 is 2.19 bits per heavy atom. The molecular formula is C14H8Br3NO3. The fraction of sp³-hybridized carbons (Fsp3) is 0. The van der Waals surface area contributed by atoms with Gasteiger partial charge in [-0.1, -0.05) is 37.9 Å². The van der Waals surface area contributed by atoms with E-state index in [1.807, 2.05) is 0 Å². The molecule has 108 valence electrons. The third kappa shape index (κ3) is 3.93. The molecule has 0 unspecified atom stereocenters. The van der Waals surface area contributed by atoms with Gasteiger partial charge >= 0.3 is 5.97 Å². The third-order valence-corrected chi connectivity index (χ3v) is 4.18. The monoisotopic (exact) mass is 475 g/mol. The number of carbonyl (C=O) groups is 2. The van der Waals surface area contributed by atoms with Gasteiger partial charge in [-0.05, 0) is 46.3 Å². The number of aromatic carboxylic acids is 1. The second-order valence-electron chi connectivity index (χ2n) is 4.08. The van der Waals surface area contributed by atoms with E-state index in [4.69, 9.17) is 0 Å². The molecule has 21 heavy (non-hydrogen) atoms. The summed E-state index contributed by atoms with van der Waals surface area (Å²) in [5.74, 6) is -1.51. The molecular weight excluding hydrogens is 470 g/mol. The highest BCUT2D eigenvalue weighted by Gasteiger charge is 2.16. The molecule has 0 bridgehead atoms. The molecule has 0 fully saturated rings. The van der Waals surface area contributed by atoms with E-state index in [2.05, 4.69) is 53.1 Å². The molecule has 0 aliphatic carbocycles. The van der Waals surface area contributed by atoms with E-state index in [1.165, 1.54) is 6.07 Å². The fourth-order valence-corrected chi connectivity index (χ4v) is 3.46. The smallest absolute Gasteiger partial charge is 0.337 e. The normalized spacial score (nSPS) is 10.2. The lowest BCUT2D eigenvalue weighted by atomic mass is 10.1. The number of carbonyl (C=O) groups excluding carboxylic acids is 1. The Kier molecular flexibility index (Phi) is 5.18. The van der Waals surface area contributed by atoms with Crippen LogP contribution in [0.25, 0.3) is 0 Å². The Bertz CT molecular complexity index is 711. The van der Waals surface area contributed by atoms with Gasteiger partial charge in [0.2, 0.25) is 0 Å². The molecule has 0 saturated heterocycles. The third-order valence-electron chi connectivity index (χ3n) is 2.61. The lowest BCUT2D eigenvalue weighted by molar-refractivity contribution is 0.0698. The van der Waals surface area contributed by atoms with Gasteiger partial charge in [0.15, 0.2) is 0 Å². The first-order valence-electron chi connectivity index (χ1n) is 5.67. The number of anilines is 1. The molecule has 4 nitrogen and oxygen atoms in total. The second-order valence-corrected chi connectivity index (χ2v) is 6.77. The zero-order chi connectivity index (χ0) is 15.6. The number of hydrogen-bond donors (Lipinski definition) is 2. The lowest BCUT2D eigenvalue weighted by Crippen LogP contribution is -2.15. The zero-order valence-corrected chi connectivity index (χ0v) is 15.1. The van der Waals surface area contributed by atoms with E-state index in [0.29, 0.717) is 10.0 Å². The zero-order valence-electron chi connectivity index (χ0n) is 10.4. The first kappa shape index (κ1) is 16.2. The largest absolute Gasteiger partial charge is 0.478 e. The van der Waals surface area contributed by atoms with E-state index in [-0.39, 0.29) is 11.3 Å². The molecule has 0 saturated carbocycles. The highest BCUT2D eigenvalue weighted by molar-refractivity contribution is 9.11. The number of para-hydroxylation sites is 1. The highest BCUT2D eigenvalue weighted by Crippen LogP contribution is 2.28. The van der Waals surface area contributed by atoms with Crippen molar-refractivity contribution in [2.45, 2.75) is 0 Å². The van der Waals surface area contributed by atoms with Crippen molar-refractivity contribution in [1.29, 1.82) is 0 Å². The molecule has 0 aliphatic heterocycles. The van der Waals surface area contributed by atoms with Gasteiger partial charge in [0, 0.05) is 19.0 Å². The maximum atomic E-state index is 12.3. The number of halogens is 3. The van der Waals surface area contributed by atoms with Crippen LogP contribution in [0.4, 0.5) is 5.69 Å². The van der Waals surface area contributed by atoms with Crippen LogP contribution in [0.2, 0.25) is 0 Å². The Morgan fingerprint density at radius 1 is 1.00 bits per heavy atom. The van der Waals surface area contributed by atoms with E-state index in [9.17, 15) is 14.7 Å². The van der Waals surface area contributed by atoms with Crippen molar-refractivity contribution in [2.75, 3.05) is 5.32 Å². The standard InChI is InChI=1S/C14H8Br3NO3/c15-8-4-7(5-9(16)6-8)13(19)18-12-10(14(20)21)2-1-3-11(12)17/h1-6H,(H,18,19)(H,20,21). The Balaban J connectivity index is 2.38. The van der Waals surface area contributed by atoms with E-state index in [1.54, 1.807) is 30.3 Å². The predicted octanol–water partition coefficient (Wildman–Crippen LogP) is 4.92. The van der Waals surface area contributed by atoms with E-state index < -0.39 is 11.9 Å². The predicted molar refractivity (Wildman–Crippen MR) is 90.9 cm³/mol. The summed E-state index contributed by atoms with van der Waals surface area (Å²) in [4.78, 5) is 23.5. The van der Waals surface area contributed by atoms with Crippen molar-refractivity contribution in [2.24, 2.45) is 0 Å². The average Bonchev–Trinajstić information content (AvgIpc) is 2.39. The number of amides is 1. The number of nitrogens with one attached hydrogen (secondary N) is 1. The number of carboxylic acid groups (broad SMARTS) is 1. The summed E-state index contributed by atoms with van der Waals surface area (Å²) < 4.78 is 1.99. The molecule has 2 N–H and O–H groups in total. The Labute approximate surface area is 145 Å². The summed E-state index contributed by atoms with van der Waals surface area (Å²) in [5, 5.41) is 11.8. The van der Waals surface area contributed by atoms with Crippen LogP contribution < -0.4 is 5.32 Å². The molecule has 0 spiro atoms. The average molecular weight is 478 g/mol. The Hall–Kier alpha value is -1.18. The van der Waals surface area contributed by atoms with Crippen molar-refractivity contribution in [3.8, 4) is 0 Å². The van der Waals surface area contributed by atoms with Crippen molar-refractivity contribution < 1.29 is 14.7 Å². The van der Waals surface area contributed by atoms with Crippen LogP contribution >= 0.6 is 47.8 Å². The van der Waals surface area contributed by atoms with Crippen molar-refractivity contribution >= 4 is 65.4 Å². The second kappa shape index (κ2) is 6.72. The molecule has 2 aromatic carbocycles. The molecule has 0 atom stereocenters. The molecule has 1 amide bonds. The van der Waals surface area contributed by atoms with E-state index >= 15 is 0 Å². The van der Waals surface area contributed by atoms with Gasteiger partial charge in [-0.15, -0.1) is 0 Å². The van der Waals surface area contributed by atoms with Gasteiger partial charge in [0.05, 0.1) is 11.3 Å². The van der Waals surface area contributed by atoms with Crippen LogP contribution in [-0.2, 0) is 0 Å². The van der Waals surface area contributed by atoms with Crippen LogP contribution in [0.3, 0.4) is 0 Å². The minimum Gasteiger partial charge on any atom is -0.478 e. The quantitative estimate of drug-likeness (QED) is 0.659. The van der Waals surface area contributed by atoms with Crippen molar-refractivity contribution in [3.05, 3.63) is 60.9 Å². The van der Waals surface area contributed by atoms with Crippen LogP contribution in [0, 0.1) is 0 Å². The number of rotatable bonds is 3. The van der Waals surface area contributed by atoms with Gasteiger partial charge in [-0.2, -0.15) is 0 Å². The minimum atomic E-state index is -1.11. The first-order valence-corrected chi connectivity index (χ1v) is 8.05. The number of carboxylic acids is 1. The van der Waals surface area contributed by atoms with Gasteiger partial charge in [0.25, 0.3) is 5.91 Å². The van der Waals surface area contributed by atoms with Gasteiger partial charge in [0.1, 0.15) is 0 Å². The molecule has 2 aromatic rings. The van der Waals surface area contributed by atoms with Crippen LogP contribution in [0.1, 0.15) is 20.7 Å².